The van der Waals surface area contributed by atoms with Gasteiger partial charge in [-0.15, -0.1) is 11.8 Å². The molecule has 122 valence electrons. The Morgan fingerprint density at radius 2 is 1.96 bits per heavy atom. The first-order valence-corrected chi connectivity index (χ1v) is 8.74. The molecule has 0 aliphatic carbocycles. The van der Waals surface area contributed by atoms with Crippen LogP contribution < -0.4 is 4.90 Å². The van der Waals surface area contributed by atoms with Crippen LogP contribution in [-0.4, -0.2) is 25.2 Å². The summed E-state index contributed by atoms with van der Waals surface area (Å²) >= 11 is 7.61. The van der Waals surface area contributed by atoms with Gasteiger partial charge in [0.15, 0.2) is 0 Å². The topological polar surface area (TPSA) is 46.6 Å². The smallest absolute Gasteiger partial charge is 0.332 e. The highest BCUT2D eigenvalue weighted by Crippen LogP contribution is 2.41. The number of fused-ring (bicyclic) bond motifs is 1. The van der Waals surface area contributed by atoms with Crippen LogP contribution >= 0.6 is 23.4 Å². The summed E-state index contributed by atoms with van der Waals surface area (Å²) < 4.78 is 4.74. The van der Waals surface area contributed by atoms with E-state index in [2.05, 4.69) is 0 Å². The molecule has 1 aliphatic heterocycles. The highest BCUT2D eigenvalue weighted by atomic mass is 35.5. The summed E-state index contributed by atoms with van der Waals surface area (Å²) in [7, 11) is 1.30. The normalized spacial score (nSPS) is 14.9. The van der Waals surface area contributed by atoms with Crippen molar-refractivity contribution in [1.29, 1.82) is 0 Å². The maximum Gasteiger partial charge on any atom is 0.332 e. The van der Waals surface area contributed by atoms with Gasteiger partial charge in [-0.05, 0) is 36.6 Å². The van der Waals surface area contributed by atoms with E-state index in [-0.39, 0.29) is 5.91 Å². The SMILES string of the molecule is COC(=O)/C=C1\c2cc(Cl)ccc2C(=O)N1c1ccccc1SC. The molecule has 6 heteroatoms. The van der Waals surface area contributed by atoms with Gasteiger partial charge in [0, 0.05) is 27.1 Å². The zero-order valence-electron chi connectivity index (χ0n) is 13.1. The Kier molecular flexibility index (Phi) is 4.64. The minimum atomic E-state index is -0.530. The molecule has 3 rings (SSSR count). The number of para-hydroxylation sites is 1. The molecule has 0 atom stereocenters. The van der Waals surface area contributed by atoms with Gasteiger partial charge in [0.1, 0.15) is 0 Å². The quantitative estimate of drug-likeness (QED) is 0.467. The van der Waals surface area contributed by atoms with E-state index in [0.29, 0.717) is 21.8 Å². The Balaban J connectivity index is 2.23. The maximum atomic E-state index is 12.9. The molecule has 0 bridgehead atoms. The lowest BCUT2D eigenvalue weighted by molar-refractivity contribution is -0.134. The lowest BCUT2D eigenvalue weighted by Crippen LogP contribution is -2.23. The molecule has 2 aromatic carbocycles. The second-order valence-corrected chi connectivity index (χ2v) is 6.34. The molecule has 1 heterocycles. The van der Waals surface area contributed by atoms with Crippen molar-refractivity contribution in [3.63, 3.8) is 0 Å². The summed E-state index contributed by atoms with van der Waals surface area (Å²) in [5, 5.41) is 0.498. The van der Waals surface area contributed by atoms with Crippen molar-refractivity contribution >= 4 is 46.6 Å². The van der Waals surface area contributed by atoms with E-state index in [1.807, 2.05) is 30.5 Å². The Bertz CT molecular complexity index is 863. The first kappa shape index (κ1) is 16.6. The minimum absolute atomic E-state index is 0.196. The zero-order chi connectivity index (χ0) is 17.3. The molecule has 0 radical (unpaired) electrons. The van der Waals surface area contributed by atoms with Crippen LogP contribution in [-0.2, 0) is 9.53 Å². The van der Waals surface area contributed by atoms with Gasteiger partial charge in [0.05, 0.1) is 18.5 Å². The fraction of sp³-hybridized carbons (Fsp3) is 0.111. The van der Waals surface area contributed by atoms with Crippen molar-refractivity contribution in [2.24, 2.45) is 0 Å². The van der Waals surface area contributed by atoms with E-state index in [1.165, 1.54) is 29.8 Å². The first-order chi connectivity index (χ1) is 11.6. The van der Waals surface area contributed by atoms with Gasteiger partial charge in [0.25, 0.3) is 5.91 Å². The predicted molar refractivity (Wildman–Crippen MR) is 96.5 cm³/mol. The summed E-state index contributed by atoms with van der Waals surface area (Å²) in [5.41, 5.74) is 2.31. The molecular weight excluding hydrogens is 346 g/mol. The second kappa shape index (κ2) is 6.71. The van der Waals surface area contributed by atoms with Crippen molar-refractivity contribution in [2.75, 3.05) is 18.3 Å². The fourth-order valence-electron chi connectivity index (χ4n) is 2.63. The van der Waals surface area contributed by atoms with Gasteiger partial charge in [-0.1, -0.05) is 23.7 Å². The Morgan fingerprint density at radius 1 is 1.21 bits per heavy atom. The van der Waals surface area contributed by atoms with E-state index in [4.69, 9.17) is 16.3 Å². The van der Waals surface area contributed by atoms with Crippen molar-refractivity contribution in [2.45, 2.75) is 4.90 Å². The minimum Gasteiger partial charge on any atom is -0.466 e. The van der Waals surface area contributed by atoms with Crippen molar-refractivity contribution in [3.05, 3.63) is 64.7 Å². The maximum absolute atomic E-state index is 12.9. The Morgan fingerprint density at radius 3 is 2.67 bits per heavy atom. The van der Waals surface area contributed by atoms with E-state index < -0.39 is 5.97 Å². The molecule has 0 unspecified atom stereocenters. The monoisotopic (exact) mass is 359 g/mol. The number of hydrogen-bond acceptors (Lipinski definition) is 4. The van der Waals surface area contributed by atoms with Gasteiger partial charge in [0.2, 0.25) is 0 Å². The first-order valence-electron chi connectivity index (χ1n) is 7.14. The lowest BCUT2D eigenvalue weighted by Gasteiger charge is -2.21. The standard InChI is InChI=1S/C18H14ClNO3S/c1-23-17(21)10-15-13-9-11(19)7-8-12(13)18(22)20(15)14-5-3-4-6-16(14)24-2/h3-10H,1-2H3/b15-10+. The van der Waals surface area contributed by atoms with E-state index in [0.717, 1.165) is 10.6 Å². The van der Waals surface area contributed by atoms with Gasteiger partial charge in [-0.25, -0.2) is 4.79 Å². The van der Waals surface area contributed by atoms with Crippen LogP contribution in [0, 0.1) is 0 Å². The number of thioether (sulfide) groups is 1. The number of nitrogens with zero attached hydrogens (tertiary/aromatic N) is 1. The fourth-order valence-corrected chi connectivity index (χ4v) is 3.39. The molecule has 1 amide bonds. The molecule has 0 saturated carbocycles. The molecule has 0 saturated heterocycles. The largest absolute Gasteiger partial charge is 0.466 e. The van der Waals surface area contributed by atoms with Gasteiger partial charge in [-0.2, -0.15) is 0 Å². The third kappa shape index (κ3) is 2.81. The summed E-state index contributed by atoms with van der Waals surface area (Å²) in [4.78, 5) is 27.2. The third-order valence-electron chi connectivity index (χ3n) is 3.71. The molecule has 0 N–H and O–H groups in total. The molecule has 0 fully saturated rings. The van der Waals surface area contributed by atoms with Crippen LogP contribution in [0.4, 0.5) is 5.69 Å². The number of amides is 1. The Labute approximate surface area is 149 Å². The van der Waals surface area contributed by atoms with Crippen molar-refractivity contribution in [1.82, 2.24) is 0 Å². The van der Waals surface area contributed by atoms with Crippen molar-refractivity contribution in [3.8, 4) is 0 Å². The number of rotatable bonds is 3. The van der Waals surface area contributed by atoms with E-state index in [1.54, 1.807) is 18.2 Å². The molecular formula is C18H14ClNO3S. The van der Waals surface area contributed by atoms with Crippen LogP contribution in [0.25, 0.3) is 5.70 Å². The van der Waals surface area contributed by atoms with Crippen LogP contribution in [0.5, 0.6) is 0 Å². The molecule has 4 nitrogen and oxygen atoms in total. The van der Waals surface area contributed by atoms with Crippen LogP contribution in [0.15, 0.2) is 53.4 Å². The summed E-state index contributed by atoms with van der Waals surface area (Å²) in [6.45, 7) is 0. The number of esters is 1. The highest BCUT2D eigenvalue weighted by molar-refractivity contribution is 7.98. The van der Waals surface area contributed by atoms with Crippen molar-refractivity contribution < 1.29 is 14.3 Å². The lowest BCUT2D eigenvalue weighted by atomic mass is 10.1. The Hall–Kier alpha value is -2.24. The predicted octanol–water partition coefficient (Wildman–Crippen LogP) is 4.24. The average molecular weight is 360 g/mol. The summed E-state index contributed by atoms with van der Waals surface area (Å²) in [6, 6.07) is 12.6. The van der Waals surface area contributed by atoms with Gasteiger partial charge in [-0.3, -0.25) is 9.69 Å². The number of hydrogen-bond donors (Lipinski definition) is 0. The summed E-state index contributed by atoms with van der Waals surface area (Å²) in [6.07, 6.45) is 3.25. The molecule has 24 heavy (non-hydrogen) atoms. The van der Waals surface area contributed by atoms with Crippen LogP contribution in [0.3, 0.4) is 0 Å². The molecule has 0 aromatic heterocycles. The summed E-state index contributed by atoms with van der Waals surface area (Å²) in [5.74, 6) is -0.726. The average Bonchev–Trinajstić information content (AvgIpc) is 2.86. The van der Waals surface area contributed by atoms with Gasteiger partial charge < -0.3 is 4.74 Å². The molecule has 0 spiro atoms. The molecule has 2 aromatic rings. The number of halogens is 1. The number of benzene rings is 2. The number of ether oxygens (including phenoxy) is 1. The van der Waals surface area contributed by atoms with E-state index >= 15 is 0 Å². The number of carbonyl (C=O) groups is 2. The van der Waals surface area contributed by atoms with Crippen LogP contribution in [0.2, 0.25) is 5.02 Å². The van der Waals surface area contributed by atoms with E-state index in [9.17, 15) is 9.59 Å². The number of methoxy groups -OCH3 is 1. The van der Waals surface area contributed by atoms with Crippen LogP contribution in [0.1, 0.15) is 15.9 Å². The zero-order valence-corrected chi connectivity index (χ0v) is 14.6. The highest BCUT2D eigenvalue weighted by Gasteiger charge is 2.35. The van der Waals surface area contributed by atoms with Gasteiger partial charge >= 0.3 is 5.97 Å². The number of anilines is 1. The molecule has 1 aliphatic rings. The number of carbonyl (C=O) groups excluding carboxylic acids is 2. The second-order valence-electron chi connectivity index (χ2n) is 5.06. The third-order valence-corrected chi connectivity index (χ3v) is 4.73.